The minimum Gasteiger partial charge on any atom is -0.507 e. The summed E-state index contributed by atoms with van der Waals surface area (Å²) in [6.07, 6.45) is 0.500. The third-order valence-electron chi connectivity index (χ3n) is 6.39. The van der Waals surface area contributed by atoms with E-state index in [-0.39, 0.29) is 11.3 Å². The molecule has 1 N–H and O–H groups in total. The largest absolute Gasteiger partial charge is 0.507 e. The van der Waals surface area contributed by atoms with Crippen LogP contribution in [0.2, 0.25) is 0 Å². The summed E-state index contributed by atoms with van der Waals surface area (Å²) >= 11 is 0. The van der Waals surface area contributed by atoms with Crippen LogP contribution in [-0.4, -0.2) is 42.5 Å². The summed E-state index contributed by atoms with van der Waals surface area (Å²) in [5.74, 6) is -0.223. The number of ketones is 1. The van der Waals surface area contributed by atoms with Gasteiger partial charge in [-0.25, -0.2) is 0 Å². The summed E-state index contributed by atoms with van der Waals surface area (Å²) in [4.78, 5) is 28.0. The van der Waals surface area contributed by atoms with Gasteiger partial charge in [-0.2, -0.15) is 0 Å². The lowest BCUT2D eigenvalue weighted by atomic mass is 9.93. The van der Waals surface area contributed by atoms with E-state index in [1.807, 2.05) is 80.6 Å². The van der Waals surface area contributed by atoms with E-state index in [9.17, 15) is 14.7 Å². The Balaban J connectivity index is 1.75. The molecule has 0 aromatic heterocycles. The van der Waals surface area contributed by atoms with Crippen LogP contribution in [0.5, 0.6) is 11.5 Å². The summed E-state index contributed by atoms with van der Waals surface area (Å²) < 4.78 is 10.7. The Kier molecular flexibility index (Phi) is 6.92. The van der Waals surface area contributed by atoms with E-state index in [2.05, 4.69) is 0 Å². The average molecular weight is 472 g/mol. The topological polar surface area (TPSA) is 76.1 Å². The first-order valence-corrected chi connectivity index (χ1v) is 11.5. The van der Waals surface area contributed by atoms with E-state index in [1.54, 1.807) is 19.1 Å². The third kappa shape index (κ3) is 4.64. The minimum atomic E-state index is -0.684. The molecule has 1 unspecified atom stereocenters. The molecule has 0 aliphatic carbocycles. The minimum absolute atomic E-state index is 0.113. The first kappa shape index (κ1) is 24.1. The van der Waals surface area contributed by atoms with Crippen molar-refractivity contribution in [3.05, 3.63) is 100 Å². The highest BCUT2D eigenvalue weighted by atomic mass is 16.5. The number of amides is 1. The highest BCUT2D eigenvalue weighted by molar-refractivity contribution is 6.46. The zero-order chi connectivity index (χ0) is 25.1. The predicted octanol–water partition coefficient (Wildman–Crippen LogP) is 4.99. The lowest BCUT2D eigenvalue weighted by Crippen LogP contribution is -2.31. The van der Waals surface area contributed by atoms with Crippen LogP contribution in [-0.2, 0) is 16.0 Å². The lowest BCUT2D eigenvalue weighted by molar-refractivity contribution is -0.139. The first-order valence-electron chi connectivity index (χ1n) is 11.5. The van der Waals surface area contributed by atoms with Gasteiger partial charge in [0.2, 0.25) is 0 Å². The van der Waals surface area contributed by atoms with Crippen molar-refractivity contribution in [2.45, 2.75) is 26.3 Å². The third-order valence-corrected chi connectivity index (χ3v) is 6.39. The molecule has 3 aromatic rings. The SMILES string of the molecule is COc1ccc(CCN2C(=O)C(=O)/C(=C(/O)c3cc(C)ccc3C)C2c2ccccc2)cc1OC. The summed E-state index contributed by atoms with van der Waals surface area (Å²) in [6.45, 7) is 4.09. The number of carbonyl (C=O) groups excluding carboxylic acids is 2. The van der Waals surface area contributed by atoms with E-state index in [1.165, 1.54) is 0 Å². The molecule has 6 nitrogen and oxygen atoms in total. The number of nitrogens with zero attached hydrogens (tertiary/aromatic N) is 1. The molecule has 0 saturated carbocycles. The Morgan fingerprint density at radius 2 is 1.63 bits per heavy atom. The molecule has 6 heteroatoms. The zero-order valence-electron chi connectivity index (χ0n) is 20.4. The number of hydrogen-bond donors (Lipinski definition) is 1. The average Bonchev–Trinajstić information content (AvgIpc) is 3.13. The maximum Gasteiger partial charge on any atom is 0.295 e. The number of benzene rings is 3. The molecule has 4 rings (SSSR count). The normalized spacial score (nSPS) is 17.0. The fourth-order valence-electron chi connectivity index (χ4n) is 4.51. The van der Waals surface area contributed by atoms with Gasteiger partial charge in [-0.3, -0.25) is 9.59 Å². The molecule has 0 radical (unpaired) electrons. The van der Waals surface area contributed by atoms with Gasteiger partial charge in [0.1, 0.15) is 5.76 Å². The Hall–Kier alpha value is -4.06. The number of ether oxygens (including phenoxy) is 2. The Bertz CT molecular complexity index is 1300. The van der Waals surface area contributed by atoms with Gasteiger partial charge in [-0.05, 0) is 55.2 Å². The maximum atomic E-state index is 13.3. The van der Waals surface area contributed by atoms with E-state index in [0.717, 1.165) is 22.3 Å². The fourth-order valence-corrected chi connectivity index (χ4v) is 4.51. The second-order valence-corrected chi connectivity index (χ2v) is 8.66. The Morgan fingerprint density at radius 3 is 2.31 bits per heavy atom. The molecule has 35 heavy (non-hydrogen) atoms. The molecule has 0 bridgehead atoms. The van der Waals surface area contributed by atoms with Crippen molar-refractivity contribution in [1.82, 2.24) is 4.90 Å². The molecule has 0 spiro atoms. The Morgan fingerprint density at radius 1 is 0.914 bits per heavy atom. The number of methoxy groups -OCH3 is 2. The number of hydrogen-bond acceptors (Lipinski definition) is 5. The Labute approximate surface area is 205 Å². The van der Waals surface area contributed by atoms with Gasteiger partial charge in [0, 0.05) is 12.1 Å². The van der Waals surface area contributed by atoms with Crippen LogP contribution in [0.25, 0.3) is 5.76 Å². The molecule has 1 saturated heterocycles. The van der Waals surface area contributed by atoms with E-state index >= 15 is 0 Å². The number of aryl methyl sites for hydroxylation is 2. The van der Waals surface area contributed by atoms with Gasteiger partial charge < -0.3 is 19.5 Å². The van der Waals surface area contributed by atoms with Gasteiger partial charge in [0.15, 0.2) is 11.5 Å². The smallest absolute Gasteiger partial charge is 0.295 e. The van der Waals surface area contributed by atoms with E-state index < -0.39 is 17.7 Å². The summed E-state index contributed by atoms with van der Waals surface area (Å²) in [7, 11) is 3.15. The standard InChI is InChI=1S/C29H29NO5/c1-18-10-11-19(2)22(16-18)27(31)25-26(21-8-6-5-7-9-21)30(29(33)28(25)32)15-14-20-12-13-23(34-3)24(17-20)35-4/h5-13,16-17,26,31H,14-15H2,1-4H3/b27-25+. The van der Waals surface area contributed by atoms with Crippen molar-refractivity contribution in [1.29, 1.82) is 0 Å². The monoisotopic (exact) mass is 471 g/mol. The van der Waals surface area contributed by atoms with Crippen molar-refractivity contribution in [2.75, 3.05) is 20.8 Å². The van der Waals surface area contributed by atoms with E-state index in [4.69, 9.17) is 9.47 Å². The van der Waals surface area contributed by atoms with Crippen LogP contribution in [0.1, 0.15) is 33.9 Å². The highest BCUT2D eigenvalue weighted by Gasteiger charge is 2.45. The van der Waals surface area contributed by atoms with Gasteiger partial charge in [-0.15, -0.1) is 0 Å². The van der Waals surface area contributed by atoms with Crippen LogP contribution in [0.4, 0.5) is 0 Å². The van der Waals surface area contributed by atoms with Gasteiger partial charge >= 0.3 is 0 Å². The molecular formula is C29H29NO5. The summed E-state index contributed by atoms with van der Waals surface area (Å²) in [6, 6.07) is 19.9. The van der Waals surface area contributed by atoms with Crippen molar-refractivity contribution in [2.24, 2.45) is 0 Å². The molecule has 1 aliphatic heterocycles. The van der Waals surface area contributed by atoms with Crippen LogP contribution in [0, 0.1) is 13.8 Å². The van der Waals surface area contributed by atoms with E-state index in [0.29, 0.717) is 30.0 Å². The van der Waals surface area contributed by atoms with Crippen LogP contribution < -0.4 is 9.47 Å². The number of carbonyl (C=O) groups is 2. The zero-order valence-corrected chi connectivity index (χ0v) is 20.4. The van der Waals surface area contributed by atoms with Crippen LogP contribution in [0.15, 0.2) is 72.3 Å². The molecule has 1 amide bonds. The molecule has 3 aromatic carbocycles. The number of likely N-dealkylation sites (tertiary alicyclic amines) is 1. The van der Waals surface area contributed by atoms with Gasteiger partial charge in [0.05, 0.1) is 25.8 Å². The lowest BCUT2D eigenvalue weighted by Gasteiger charge is -2.25. The van der Waals surface area contributed by atoms with Crippen LogP contribution in [0.3, 0.4) is 0 Å². The summed E-state index contributed by atoms with van der Waals surface area (Å²) in [5.41, 5.74) is 4.16. The second kappa shape index (κ2) is 10.1. The molecule has 180 valence electrons. The van der Waals surface area contributed by atoms with Gasteiger partial charge in [-0.1, -0.05) is 54.1 Å². The number of Topliss-reactive ketones (excluding diaryl/α,β-unsaturated/α-hetero) is 1. The fraction of sp³-hybridized carbons (Fsp3) is 0.241. The number of rotatable bonds is 7. The van der Waals surface area contributed by atoms with Crippen molar-refractivity contribution < 1.29 is 24.2 Å². The molecule has 1 aliphatic rings. The quantitative estimate of drug-likeness (QED) is 0.299. The van der Waals surface area contributed by atoms with Crippen LogP contribution >= 0.6 is 0 Å². The van der Waals surface area contributed by atoms with Crippen molar-refractivity contribution in [3.8, 4) is 11.5 Å². The maximum absolute atomic E-state index is 13.3. The number of aliphatic hydroxyl groups excluding tert-OH is 1. The summed E-state index contributed by atoms with van der Waals surface area (Å²) in [5, 5.41) is 11.3. The number of aliphatic hydroxyl groups is 1. The molecule has 1 heterocycles. The second-order valence-electron chi connectivity index (χ2n) is 8.66. The highest BCUT2D eigenvalue weighted by Crippen LogP contribution is 2.40. The van der Waals surface area contributed by atoms with Gasteiger partial charge in [0.25, 0.3) is 11.7 Å². The van der Waals surface area contributed by atoms with Crippen molar-refractivity contribution >= 4 is 17.4 Å². The van der Waals surface area contributed by atoms with Crippen molar-refractivity contribution in [3.63, 3.8) is 0 Å². The first-order chi connectivity index (χ1) is 16.8. The molecule has 1 atom stereocenters. The predicted molar refractivity (Wildman–Crippen MR) is 135 cm³/mol. The molecular weight excluding hydrogens is 442 g/mol. The molecule has 1 fully saturated rings.